The number of anilines is 1. The maximum absolute atomic E-state index is 4.69. The molecule has 0 amide bonds. The summed E-state index contributed by atoms with van der Waals surface area (Å²) in [6.45, 7) is 0. The van der Waals surface area contributed by atoms with Crippen molar-refractivity contribution in [2.75, 3.05) is 5.32 Å². The zero-order chi connectivity index (χ0) is 10.5. The van der Waals surface area contributed by atoms with Gasteiger partial charge in [-0.25, -0.2) is 4.98 Å². The maximum Gasteiger partial charge on any atom is 0.151 e. The Morgan fingerprint density at radius 1 is 1.38 bits per heavy atom. The predicted octanol–water partition coefficient (Wildman–Crippen LogP) is 3.12. The lowest BCUT2D eigenvalue weighted by Gasteiger charge is -2.07. The molecule has 0 aliphatic heterocycles. The summed E-state index contributed by atoms with van der Waals surface area (Å²) in [7, 11) is 0. The lowest BCUT2D eigenvalue weighted by molar-refractivity contribution is 1.12. The zero-order valence-corrected chi connectivity index (χ0v) is 9.50. The first-order chi connectivity index (χ1) is 7.92. The molecule has 4 heteroatoms. The van der Waals surface area contributed by atoms with Gasteiger partial charge in [0.1, 0.15) is 10.3 Å². The van der Waals surface area contributed by atoms with Crippen molar-refractivity contribution >= 4 is 33.0 Å². The molecule has 0 atom stereocenters. The molecule has 80 valence electrons. The summed E-state index contributed by atoms with van der Waals surface area (Å²) >= 11 is 1.74. The molecule has 0 spiro atoms. The van der Waals surface area contributed by atoms with Crippen molar-refractivity contribution in [1.82, 2.24) is 9.38 Å². The Labute approximate surface area is 96.7 Å². The SMILES string of the molecule is c1cc2c(NC3CC3)nc3ccsc3n2c1. The Balaban J connectivity index is 2.04. The van der Waals surface area contributed by atoms with E-state index in [0.717, 1.165) is 11.3 Å². The van der Waals surface area contributed by atoms with E-state index in [0.29, 0.717) is 6.04 Å². The van der Waals surface area contributed by atoms with Crippen LogP contribution < -0.4 is 5.32 Å². The third-order valence-corrected chi connectivity index (χ3v) is 3.89. The van der Waals surface area contributed by atoms with Crippen LogP contribution >= 0.6 is 11.3 Å². The van der Waals surface area contributed by atoms with E-state index in [2.05, 4.69) is 39.5 Å². The van der Waals surface area contributed by atoms with Gasteiger partial charge < -0.3 is 9.72 Å². The van der Waals surface area contributed by atoms with E-state index >= 15 is 0 Å². The van der Waals surface area contributed by atoms with Crippen molar-refractivity contribution in [1.29, 1.82) is 0 Å². The van der Waals surface area contributed by atoms with E-state index in [1.54, 1.807) is 11.3 Å². The predicted molar refractivity (Wildman–Crippen MR) is 67.2 cm³/mol. The van der Waals surface area contributed by atoms with Crippen LogP contribution in [0.2, 0.25) is 0 Å². The molecule has 1 fully saturated rings. The van der Waals surface area contributed by atoms with Gasteiger partial charge in [-0.1, -0.05) is 0 Å². The normalized spacial score (nSPS) is 16.0. The van der Waals surface area contributed by atoms with Gasteiger partial charge in [0.25, 0.3) is 0 Å². The molecular weight excluding hydrogens is 218 g/mol. The van der Waals surface area contributed by atoms with Crippen molar-refractivity contribution in [3.63, 3.8) is 0 Å². The van der Waals surface area contributed by atoms with Gasteiger partial charge in [-0.3, -0.25) is 0 Å². The lowest BCUT2D eigenvalue weighted by atomic mass is 10.4. The molecule has 1 saturated carbocycles. The monoisotopic (exact) mass is 229 g/mol. The highest BCUT2D eigenvalue weighted by molar-refractivity contribution is 7.16. The van der Waals surface area contributed by atoms with Gasteiger partial charge in [0.05, 0.1) is 5.52 Å². The fourth-order valence-electron chi connectivity index (χ4n) is 2.02. The second-order valence-corrected chi connectivity index (χ2v) is 5.15. The first-order valence-electron chi connectivity index (χ1n) is 5.52. The molecule has 0 unspecified atom stereocenters. The van der Waals surface area contributed by atoms with Gasteiger partial charge in [-0.15, -0.1) is 11.3 Å². The second-order valence-electron chi connectivity index (χ2n) is 4.25. The lowest BCUT2D eigenvalue weighted by Crippen LogP contribution is -2.04. The average molecular weight is 229 g/mol. The first kappa shape index (κ1) is 8.58. The molecule has 1 aliphatic carbocycles. The fourth-order valence-corrected chi connectivity index (χ4v) is 2.85. The smallest absolute Gasteiger partial charge is 0.151 e. The zero-order valence-electron chi connectivity index (χ0n) is 8.68. The topological polar surface area (TPSA) is 29.3 Å². The molecule has 0 bridgehead atoms. The summed E-state index contributed by atoms with van der Waals surface area (Å²) < 4.78 is 2.22. The molecule has 16 heavy (non-hydrogen) atoms. The van der Waals surface area contributed by atoms with Gasteiger partial charge in [-0.05, 0) is 36.4 Å². The van der Waals surface area contributed by atoms with E-state index in [9.17, 15) is 0 Å². The number of hydrogen-bond acceptors (Lipinski definition) is 3. The molecule has 0 saturated heterocycles. The minimum Gasteiger partial charge on any atom is -0.366 e. The Bertz CT molecular complexity index is 663. The number of aromatic nitrogens is 2. The Hall–Kier alpha value is -1.55. The van der Waals surface area contributed by atoms with E-state index < -0.39 is 0 Å². The number of nitrogens with one attached hydrogen (secondary N) is 1. The third-order valence-electron chi connectivity index (χ3n) is 2.99. The molecule has 1 aliphatic rings. The van der Waals surface area contributed by atoms with Crippen LogP contribution in [0.3, 0.4) is 0 Å². The van der Waals surface area contributed by atoms with E-state index in [1.807, 2.05) is 0 Å². The quantitative estimate of drug-likeness (QED) is 0.731. The molecule has 0 aromatic carbocycles. The molecular formula is C12H11N3S. The highest BCUT2D eigenvalue weighted by atomic mass is 32.1. The Morgan fingerprint density at radius 3 is 3.19 bits per heavy atom. The van der Waals surface area contributed by atoms with Crippen LogP contribution in [0.25, 0.3) is 15.9 Å². The number of nitrogens with zero attached hydrogens (tertiary/aromatic N) is 2. The number of fused-ring (bicyclic) bond motifs is 3. The number of thiophene rings is 1. The highest BCUT2D eigenvalue weighted by Gasteiger charge is 2.22. The van der Waals surface area contributed by atoms with Crippen LogP contribution in [-0.2, 0) is 0 Å². The summed E-state index contributed by atoms with van der Waals surface area (Å²) in [5.41, 5.74) is 2.26. The van der Waals surface area contributed by atoms with Crippen molar-refractivity contribution in [3.8, 4) is 0 Å². The Morgan fingerprint density at radius 2 is 2.31 bits per heavy atom. The first-order valence-corrected chi connectivity index (χ1v) is 6.40. The third kappa shape index (κ3) is 1.16. The largest absolute Gasteiger partial charge is 0.366 e. The standard InChI is InChI=1S/C12H11N3S/c1-2-10-11(13-8-3-4-8)14-9-5-7-16-12(9)15(10)6-1/h1-2,5-8H,3-4H2,(H,13,14). The second kappa shape index (κ2) is 2.98. The van der Waals surface area contributed by atoms with E-state index in [1.165, 1.54) is 23.2 Å². The van der Waals surface area contributed by atoms with Crippen LogP contribution in [0, 0.1) is 0 Å². The summed E-state index contributed by atoms with van der Waals surface area (Å²) in [5.74, 6) is 1.03. The van der Waals surface area contributed by atoms with Crippen molar-refractivity contribution in [3.05, 3.63) is 29.8 Å². The van der Waals surface area contributed by atoms with Crippen LogP contribution in [-0.4, -0.2) is 15.4 Å². The molecule has 1 N–H and O–H groups in total. The number of hydrogen-bond donors (Lipinski definition) is 1. The summed E-state index contributed by atoms with van der Waals surface area (Å²) in [6.07, 6.45) is 4.65. The minimum absolute atomic E-state index is 0.641. The van der Waals surface area contributed by atoms with Gasteiger partial charge in [0.15, 0.2) is 5.82 Å². The van der Waals surface area contributed by atoms with Crippen LogP contribution in [0.1, 0.15) is 12.8 Å². The molecule has 3 nitrogen and oxygen atoms in total. The summed E-state index contributed by atoms with van der Waals surface area (Å²) in [6, 6.07) is 6.92. The van der Waals surface area contributed by atoms with Gasteiger partial charge in [0, 0.05) is 12.2 Å². The number of rotatable bonds is 2. The molecule has 0 radical (unpaired) electrons. The van der Waals surface area contributed by atoms with Crippen molar-refractivity contribution in [2.45, 2.75) is 18.9 Å². The molecule has 4 rings (SSSR count). The van der Waals surface area contributed by atoms with Gasteiger partial charge in [-0.2, -0.15) is 0 Å². The van der Waals surface area contributed by atoms with E-state index in [-0.39, 0.29) is 0 Å². The highest BCUT2D eigenvalue weighted by Crippen LogP contribution is 2.30. The van der Waals surface area contributed by atoms with Crippen molar-refractivity contribution in [2.24, 2.45) is 0 Å². The van der Waals surface area contributed by atoms with Crippen molar-refractivity contribution < 1.29 is 0 Å². The molecule has 3 heterocycles. The fraction of sp³-hybridized carbons (Fsp3) is 0.250. The summed E-state index contributed by atoms with van der Waals surface area (Å²) in [5, 5.41) is 5.59. The van der Waals surface area contributed by atoms with Crippen LogP contribution in [0.15, 0.2) is 29.8 Å². The summed E-state index contributed by atoms with van der Waals surface area (Å²) in [4.78, 5) is 5.92. The minimum atomic E-state index is 0.641. The van der Waals surface area contributed by atoms with E-state index in [4.69, 9.17) is 4.98 Å². The maximum atomic E-state index is 4.69. The van der Waals surface area contributed by atoms with Crippen LogP contribution in [0.5, 0.6) is 0 Å². The van der Waals surface area contributed by atoms with Gasteiger partial charge in [0.2, 0.25) is 0 Å². The molecule has 3 aromatic rings. The van der Waals surface area contributed by atoms with Gasteiger partial charge >= 0.3 is 0 Å². The molecule has 3 aromatic heterocycles. The van der Waals surface area contributed by atoms with Crippen LogP contribution in [0.4, 0.5) is 5.82 Å². The average Bonchev–Trinajstić information content (AvgIpc) is 2.81. The Kier molecular flexibility index (Phi) is 1.60.